The SMILES string of the molecule is [2H]c1c([2H])c([2H])c(-c2cccc(-c3c4ccccc4c(-c4cccc5oc6c7c([2H])c([2H])c([2H])c([2H])c7c(-c7ccccc7)c([2H])c6c45)c4ccccc34)c2)c([2H])c1[2H]. The van der Waals surface area contributed by atoms with Crippen molar-refractivity contribution in [1.29, 1.82) is 0 Å². The molecule has 0 spiro atoms. The fraction of sp³-hybridized carbons (Fsp3) is 0. The lowest BCUT2D eigenvalue weighted by Crippen LogP contribution is -1.91. The summed E-state index contributed by atoms with van der Waals surface area (Å²) >= 11 is 0. The summed E-state index contributed by atoms with van der Waals surface area (Å²) in [6.45, 7) is 0. The van der Waals surface area contributed by atoms with Crippen molar-refractivity contribution in [1.82, 2.24) is 0 Å². The van der Waals surface area contributed by atoms with Crippen molar-refractivity contribution in [3.63, 3.8) is 0 Å². The van der Waals surface area contributed by atoms with Crippen molar-refractivity contribution in [3.05, 3.63) is 182 Å². The first-order valence-corrected chi connectivity index (χ1v) is 16.0. The van der Waals surface area contributed by atoms with Crippen molar-refractivity contribution in [2.75, 3.05) is 0 Å². The standard InChI is InChI=1S/C48H30O/c1-3-15-31(16-4-1)33-19-13-20-34(29-33)45-36-22-8-10-24-38(36)46(39-25-11-9-23-37(39)45)41-27-14-28-44-47(41)43-30-42(32-17-5-2-6-18-32)35-21-7-12-26-40(35)48(43)49-44/h1-30H/i1D,3D,4D,7D,12D,15D,16D,21D,26D,30D. The summed E-state index contributed by atoms with van der Waals surface area (Å²) in [5.74, 6) is 0. The van der Waals surface area contributed by atoms with E-state index >= 15 is 0 Å². The molecule has 0 fully saturated rings. The maximum Gasteiger partial charge on any atom is 0.143 e. The van der Waals surface area contributed by atoms with Gasteiger partial charge in [0.05, 0.1) is 13.7 Å². The number of rotatable bonds is 4. The fourth-order valence-electron chi connectivity index (χ4n) is 7.29. The molecule has 1 heterocycles. The van der Waals surface area contributed by atoms with Gasteiger partial charge < -0.3 is 4.42 Å². The third-order valence-electron chi connectivity index (χ3n) is 9.33. The molecular formula is C48H30O. The monoisotopic (exact) mass is 632 g/mol. The Morgan fingerprint density at radius 2 is 0.980 bits per heavy atom. The van der Waals surface area contributed by atoms with Crippen LogP contribution < -0.4 is 0 Å². The van der Waals surface area contributed by atoms with Crippen molar-refractivity contribution >= 4 is 54.3 Å². The lowest BCUT2D eigenvalue weighted by atomic mass is 9.84. The van der Waals surface area contributed by atoms with E-state index in [1.165, 1.54) is 0 Å². The van der Waals surface area contributed by atoms with Crippen LogP contribution in [-0.4, -0.2) is 0 Å². The highest BCUT2D eigenvalue weighted by atomic mass is 16.3. The normalized spacial score (nSPS) is 14.5. The number of hydrogen-bond donors (Lipinski definition) is 0. The van der Waals surface area contributed by atoms with Crippen LogP contribution in [0.4, 0.5) is 0 Å². The molecule has 0 atom stereocenters. The summed E-state index contributed by atoms with van der Waals surface area (Å²) in [5.41, 5.74) is 5.69. The molecule has 0 saturated heterocycles. The van der Waals surface area contributed by atoms with Gasteiger partial charge in [-0.1, -0.05) is 164 Å². The second-order valence-electron chi connectivity index (χ2n) is 12.0. The molecule has 0 unspecified atom stereocenters. The Hall–Kier alpha value is -6.44. The van der Waals surface area contributed by atoms with Crippen LogP contribution in [0.1, 0.15) is 13.7 Å². The minimum absolute atomic E-state index is 0.0876. The summed E-state index contributed by atoms with van der Waals surface area (Å²) < 4.78 is 93.9. The predicted molar refractivity (Wildman–Crippen MR) is 208 cm³/mol. The zero-order valence-corrected chi connectivity index (χ0v) is 26.0. The van der Waals surface area contributed by atoms with Crippen molar-refractivity contribution < 1.29 is 18.1 Å². The van der Waals surface area contributed by atoms with E-state index in [9.17, 15) is 1.37 Å². The van der Waals surface area contributed by atoms with Gasteiger partial charge in [-0.15, -0.1) is 0 Å². The predicted octanol–water partition coefficient (Wildman–Crippen LogP) is 13.7. The van der Waals surface area contributed by atoms with Gasteiger partial charge in [0.1, 0.15) is 11.2 Å². The molecule has 0 saturated carbocycles. The minimum atomic E-state index is -0.445. The van der Waals surface area contributed by atoms with E-state index in [1.54, 1.807) is 6.07 Å². The topological polar surface area (TPSA) is 13.1 Å². The highest BCUT2D eigenvalue weighted by Crippen LogP contribution is 2.48. The molecule has 49 heavy (non-hydrogen) atoms. The van der Waals surface area contributed by atoms with Crippen molar-refractivity contribution in [2.45, 2.75) is 0 Å². The van der Waals surface area contributed by atoms with Gasteiger partial charge in [0.2, 0.25) is 0 Å². The molecule has 228 valence electrons. The summed E-state index contributed by atoms with van der Waals surface area (Å²) in [7, 11) is 0. The maximum absolute atomic E-state index is 9.87. The quantitative estimate of drug-likeness (QED) is 0.176. The molecule has 1 nitrogen and oxygen atoms in total. The van der Waals surface area contributed by atoms with Crippen LogP contribution in [0.5, 0.6) is 0 Å². The van der Waals surface area contributed by atoms with E-state index in [1.807, 2.05) is 115 Å². The minimum Gasteiger partial charge on any atom is -0.455 e. The molecule has 0 aliphatic rings. The van der Waals surface area contributed by atoms with Crippen molar-refractivity contribution in [2.24, 2.45) is 0 Å². The number of fused-ring (bicyclic) bond motifs is 7. The Morgan fingerprint density at radius 3 is 1.71 bits per heavy atom. The highest BCUT2D eigenvalue weighted by molar-refractivity contribution is 6.28. The molecule has 10 aromatic rings. The van der Waals surface area contributed by atoms with Gasteiger partial charge in [0.25, 0.3) is 0 Å². The zero-order chi connectivity index (χ0) is 41.0. The Kier molecular flexibility index (Phi) is 4.39. The average Bonchev–Trinajstić information content (AvgIpc) is 3.66. The van der Waals surface area contributed by atoms with Gasteiger partial charge >= 0.3 is 0 Å². The molecule has 0 N–H and O–H groups in total. The summed E-state index contributed by atoms with van der Waals surface area (Å²) in [5, 5.41) is 5.13. The Balaban J connectivity index is 1.33. The highest BCUT2D eigenvalue weighted by Gasteiger charge is 2.22. The van der Waals surface area contributed by atoms with Gasteiger partial charge in [-0.05, 0) is 89.6 Å². The van der Waals surface area contributed by atoms with Crippen LogP contribution in [0.25, 0.3) is 98.8 Å². The molecule has 0 bridgehead atoms. The van der Waals surface area contributed by atoms with Crippen molar-refractivity contribution in [3.8, 4) is 44.5 Å². The number of benzene rings is 9. The van der Waals surface area contributed by atoms with Crippen LogP contribution >= 0.6 is 0 Å². The van der Waals surface area contributed by atoms with Crippen LogP contribution in [-0.2, 0) is 0 Å². The van der Waals surface area contributed by atoms with E-state index in [0.29, 0.717) is 33.0 Å². The van der Waals surface area contributed by atoms with E-state index in [-0.39, 0.29) is 64.2 Å². The first-order valence-electron chi connectivity index (χ1n) is 21.0. The van der Waals surface area contributed by atoms with Gasteiger partial charge in [0, 0.05) is 16.2 Å². The molecular weight excluding hydrogens is 593 g/mol. The van der Waals surface area contributed by atoms with Gasteiger partial charge in [0.15, 0.2) is 0 Å². The largest absolute Gasteiger partial charge is 0.455 e. The lowest BCUT2D eigenvalue weighted by Gasteiger charge is -2.18. The average molecular weight is 633 g/mol. The van der Waals surface area contributed by atoms with Gasteiger partial charge in [-0.3, -0.25) is 0 Å². The summed E-state index contributed by atoms with van der Waals surface area (Å²) in [4.78, 5) is 0. The molecule has 1 aromatic heterocycles. The first-order chi connectivity index (χ1) is 28.5. The van der Waals surface area contributed by atoms with Gasteiger partial charge in [-0.25, -0.2) is 0 Å². The van der Waals surface area contributed by atoms with E-state index in [4.69, 9.17) is 16.8 Å². The molecule has 1 heteroatoms. The lowest BCUT2D eigenvalue weighted by molar-refractivity contribution is 0.673. The first kappa shape index (κ1) is 19.4. The number of furan rings is 1. The molecule has 10 rings (SSSR count). The Labute approximate surface area is 298 Å². The van der Waals surface area contributed by atoms with Gasteiger partial charge in [-0.2, -0.15) is 0 Å². The van der Waals surface area contributed by atoms with Crippen LogP contribution in [0.3, 0.4) is 0 Å². The third-order valence-corrected chi connectivity index (χ3v) is 9.33. The Bertz CT molecular complexity index is 3360. The van der Waals surface area contributed by atoms with E-state index in [2.05, 4.69) is 0 Å². The maximum atomic E-state index is 9.87. The van der Waals surface area contributed by atoms with E-state index < -0.39 is 18.1 Å². The molecule has 9 aromatic carbocycles. The van der Waals surface area contributed by atoms with Crippen LogP contribution in [0, 0.1) is 0 Å². The Morgan fingerprint density at radius 1 is 0.388 bits per heavy atom. The molecule has 0 aliphatic carbocycles. The fourth-order valence-corrected chi connectivity index (χ4v) is 7.29. The zero-order valence-electron chi connectivity index (χ0n) is 36.0. The smallest absolute Gasteiger partial charge is 0.143 e. The van der Waals surface area contributed by atoms with Crippen LogP contribution in [0.15, 0.2) is 186 Å². The molecule has 0 aliphatic heterocycles. The second-order valence-corrected chi connectivity index (χ2v) is 12.0. The summed E-state index contributed by atoms with van der Waals surface area (Å²) in [6, 6.07) is 35.5. The second kappa shape index (κ2) is 11.1. The summed E-state index contributed by atoms with van der Waals surface area (Å²) in [6.07, 6.45) is 0. The number of hydrogen-bond acceptors (Lipinski definition) is 1. The molecule has 0 radical (unpaired) electrons. The molecule has 0 amide bonds. The van der Waals surface area contributed by atoms with Crippen LogP contribution in [0.2, 0.25) is 0 Å². The third kappa shape index (κ3) is 4.33. The van der Waals surface area contributed by atoms with E-state index in [0.717, 1.165) is 43.8 Å².